The summed E-state index contributed by atoms with van der Waals surface area (Å²) in [6.45, 7) is 3.98. The molecule has 0 aromatic carbocycles. The van der Waals surface area contributed by atoms with Crippen molar-refractivity contribution in [3.8, 4) is 5.75 Å². The van der Waals surface area contributed by atoms with Gasteiger partial charge in [-0.3, -0.25) is 9.78 Å². The molecule has 0 radical (unpaired) electrons. The van der Waals surface area contributed by atoms with Crippen molar-refractivity contribution >= 4 is 5.78 Å². The maximum absolute atomic E-state index is 12.9. The van der Waals surface area contributed by atoms with E-state index in [9.17, 15) is 4.79 Å². The van der Waals surface area contributed by atoms with E-state index >= 15 is 0 Å². The molecule has 19 heavy (non-hydrogen) atoms. The molecule has 1 aliphatic heterocycles. The number of Topliss-reactive ketones (excluding diaryl/α,β-unsaturated/α-hetero) is 1. The summed E-state index contributed by atoms with van der Waals surface area (Å²) in [5.74, 6) is 0.869. The number of nitrogens with zero attached hydrogens (tertiary/aromatic N) is 1. The molecule has 4 heteroatoms. The number of ether oxygens (including phenoxy) is 1. The number of carbonyl (C=O) groups is 1. The minimum absolute atomic E-state index is 0.214. The molecule has 1 fully saturated rings. The number of aromatic nitrogens is 1. The predicted molar refractivity (Wildman–Crippen MR) is 74.6 cm³/mol. The topological polar surface area (TPSA) is 51.2 Å². The molecule has 0 aliphatic carbocycles. The van der Waals surface area contributed by atoms with Gasteiger partial charge in [-0.15, -0.1) is 0 Å². The molecule has 0 atom stereocenters. The van der Waals surface area contributed by atoms with Gasteiger partial charge in [-0.05, 0) is 38.4 Å². The van der Waals surface area contributed by atoms with E-state index in [-0.39, 0.29) is 11.2 Å². The first-order valence-corrected chi connectivity index (χ1v) is 6.96. The van der Waals surface area contributed by atoms with Crippen molar-refractivity contribution in [1.82, 2.24) is 10.3 Å². The summed E-state index contributed by atoms with van der Waals surface area (Å²) in [5.41, 5.74) is 0.461. The predicted octanol–water partition coefficient (Wildman–Crippen LogP) is 2.44. The van der Waals surface area contributed by atoms with Crippen molar-refractivity contribution in [2.45, 2.75) is 32.6 Å². The molecule has 0 spiro atoms. The van der Waals surface area contributed by atoms with E-state index in [0.29, 0.717) is 11.3 Å². The molecule has 2 rings (SSSR count). The third-order valence-electron chi connectivity index (χ3n) is 3.98. The van der Waals surface area contributed by atoms with E-state index in [2.05, 4.69) is 17.2 Å². The lowest BCUT2D eigenvalue weighted by atomic mass is 9.70. The Kier molecular flexibility index (Phi) is 4.53. The molecule has 4 nitrogen and oxygen atoms in total. The fraction of sp³-hybridized carbons (Fsp3) is 0.600. The van der Waals surface area contributed by atoms with Crippen LogP contribution in [0.3, 0.4) is 0 Å². The number of pyridine rings is 1. The number of piperidine rings is 1. The number of methoxy groups -OCH3 is 1. The van der Waals surface area contributed by atoms with Crippen LogP contribution in [0.15, 0.2) is 18.5 Å². The van der Waals surface area contributed by atoms with Crippen molar-refractivity contribution in [2.24, 2.45) is 5.41 Å². The first-order valence-electron chi connectivity index (χ1n) is 6.96. The van der Waals surface area contributed by atoms with Crippen LogP contribution >= 0.6 is 0 Å². The van der Waals surface area contributed by atoms with Crippen LogP contribution < -0.4 is 10.1 Å². The number of hydrogen-bond donors (Lipinski definition) is 1. The monoisotopic (exact) mass is 262 g/mol. The van der Waals surface area contributed by atoms with Crippen LogP contribution in [-0.2, 0) is 0 Å². The fourth-order valence-corrected chi connectivity index (χ4v) is 2.94. The van der Waals surface area contributed by atoms with Gasteiger partial charge in [-0.25, -0.2) is 0 Å². The zero-order valence-electron chi connectivity index (χ0n) is 11.7. The van der Waals surface area contributed by atoms with Crippen LogP contribution in [0.4, 0.5) is 0 Å². The lowest BCUT2D eigenvalue weighted by Crippen LogP contribution is -2.42. The lowest BCUT2D eigenvalue weighted by Gasteiger charge is -2.36. The maximum atomic E-state index is 12.9. The second-order valence-electron chi connectivity index (χ2n) is 5.22. The largest absolute Gasteiger partial charge is 0.495 e. The maximum Gasteiger partial charge on any atom is 0.170 e. The molecular weight excluding hydrogens is 240 g/mol. The zero-order chi connectivity index (χ0) is 13.7. The number of carbonyl (C=O) groups excluding carboxylic acids is 1. The van der Waals surface area contributed by atoms with Crippen LogP contribution in [0.5, 0.6) is 5.75 Å². The highest BCUT2D eigenvalue weighted by molar-refractivity contribution is 6.00. The van der Waals surface area contributed by atoms with Crippen molar-refractivity contribution in [1.29, 1.82) is 0 Å². The molecule has 1 aromatic heterocycles. The quantitative estimate of drug-likeness (QED) is 0.828. The summed E-state index contributed by atoms with van der Waals surface area (Å²) in [6, 6.07) is 1.80. The van der Waals surface area contributed by atoms with Crippen molar-refractivity contribution in [3.05, 3.63) is 24.0 Å². The number of hydrogen-bond acceptors (Lipinski definition) is 4. The second kappa shape index (κ2) is 6.15. The van der Waals surface area contributed by atoms with Gasteiger partial charge in [0.05, 0.1) is 13.3 Å². The molecule has 0 unspecified atom stereocenters. The van der Waals surface area contributed by atoms with E-state index in [1.807, 2.05) is 0 Å². The van der Waals surface area contributed by atoms with Gasteiger partial charge >= 0.3 is 0 Å². The van der Waals surface area contributed by atoms with Gasteiger partial charge in [0.25, 0.3) is 0 Å². The molecule has 0 saturated carbocycles. The highest BCUT2D eigenvalue weighted by atomic mass is 16.5. The Bertz CT molecular complexity index is 434. The van der Waals surface area contributed by atoms with Gasteiger partial charge in [0.1, 0.15) is 5.75 Å². The first-order chi connectivity index (χ1) is 9.22. The summed E-state index contributed by atoms with van der Waals surface area (Å²) in [7, 11) is 1.59. The average Bonchev–Trinajstić information content (AvgIpc) is 2.48. The highest BCUT2D eigenvalue weighted by Crippen LogP contribution is 2.37. The van der Waals surface area contributed by atoms with Gasteiger partial charge in [0, 0.05) is 17.2 Å². The number of rotatable bonds is 5. The van der Waals surface area contributed by atoms with Crippen LogP contribution in [0.25, 0.3) is 0 Å². The summed E-state index contributed by atoms with van der Waals surface area (Å²) in [4.78, 5) is 17.0. The van der Waals surface area contributed by atoms with Crippen LogP contribution in [-0.4, -0.2) is 31.0 Å². The average molecular weight is 262 g/mol. The molecule has 104 valence electrons. The van der Waals surface area contributed by atoms with Gasteiger partial charge < -0.3 is 10.1 Å². The molecule has 1 saturated heterocycles. The van der Waals surface area contributed by atoms with Crippen LogP contribution in [0.1, 0.15) is 43.0 Å². The molecule has 1 aliphatic rings. The third-order valence-corrected chi connectivity index (χ3v) is 3.98. The smallest absolute Gasteiger partial charge is 0.170 e. The Labute approximate surface area is 114 Å². The van der Waals surface area contributed by atoms with E-state index in [1.165, 1.54) is 0 Å². The first kappa shape index (κ1) is 14.0. The minimum atomic E-state index is -0.214. The number of nitrogens with one attached hydrogen (secondary N) is 1. The third kappa shape index (κ3) is 2.95. The SMILES string of the molecule is CCCC1(C(=O)c2cncc(OC)c2)CCNCC1. The standard InChI is InChI=1S/C15H22N2O2/c1-3-4-15(5-7-16-8-6-15)14(18)12-9-13(19-2)11-17-10-12/h9-11,16H,3-8H2,1-2H3. The summed E-state index contributed by atoms with van der Waals surface area (Å²) < 4.78 is 5.16. The summed E-state index contributed by atoms with van der Waals surface area (Å²) >= 11 is 0. The summed E-state index contributed by atoms with van der Waals surface area (Å²) in [5, 5.41) is 3.33. The Morgan fingerprint density at radius 1 is 1.42 bits per heavy atom. The van der Waals surface area contributed by atoms with Crippen molar-refractivity contribution < 1.29 is 9.53 Å². The Morgan fingerprint density at radius 3 is 2.79 bits per heavy atom. The van der Waals surface area contributed by atoms with Gasteiger partial charge in [0.15, 0.2) is 5.78 Å². The Morgan fingerprint density at radius 2 is 2.16 bits per heavy atom. The zero-order valence-corrected chi connectivity index (χ0v) is 11.7. The Hall–Kier alpha value is -1.42. The van der Waals surface area contributed by atoms with Gasteiger partial charge in [-0.1, -0.05) is 13.3 Å². The van der Waals surface area contributed by atoms with Crippen molar-refractivity contribution in [2.75, 3.05) is 20.2 Å². The van der Waals surface area contributed by atoms with E-state index in [1.54, 1.807) is 25.6 Å². The number of ketones is 1. The normalized spacial score (nSPS) is 18.0. The molecule has 2 heterocycles. The molecule has 0 bridgehead atoms. The van der Waals surface area contributed by atoms with E-state index in [4.69, 9.17) is 4.74 Å². The van der Waals surface area contributed by atoms with Gasteiger partial charge in [0.2, 0.25) is 0 Å². The highest BCUT2D eigenvalue weighted by Gasteiger charge is 2.39. The minimum Gasteiger partial charge on any atom is -0.495 e. The van der Waals surface area contributed by atoms with Crippen LogP contribution in [0.2, 0.25) is 0 Å². The van der Waals surface area contributed by atoms with Gasteiger partial charge in [-0.2, -0.15) is 0 Å². The molecule has 0 amide bonds. The fourth-order valence-electron chi connectivity index (χ4n) is 2.94. The lowest BCUT2D eigenvalue weighted by molar-refractivity contribution is 0.0703. The summed E-state index contributed by atoms with van der Waals surface area (Å²) in [6.07, 6.45) is 7.09. The molecular formula is C15H22N2O2. The molecule has 1 N–H and O–H groups in total. The van der Waals surface area contributed by atoms with Crippen LogP contribution in [0, 0.1) is 5.41 Å². The Balaban J connectivity index is 2.27. The van der Waals surface area contributed by atoms with Crippen molar-refractivity contribution in [3.63, 3.8) is 0 Å². The second-order valence-corrected chi connectivity index (χ2v) is 5.22. The van der Waals surface area contributed by atoms with E-state index in [0.717, 1.165) is 38.8 Å². The van der Waals surface area contributed by atoms with E-state index < -0.39 is 0 Å². The molecule has 1 aromatic rings.